The molecule has 1 unspecified atom stereocenters. The largest absolute Gasteiger partial charge is 0.312 e. The SMILES string of the molecule is O=C1C(Cc2ccc(F)cc2F)CCN1c1ccc(-c2ccncc2)cc1. The van der Waals surface area contributed by atoms with Crippen molar-refractivity contribution in [3.63, 3.8) is 0 Å². The number of carbonyl (C=O) groups is 1. The Morgan fingerprint density at radius 2 is 1.67 bits per heavy atom. The summed E-state index contributed by atoms with van der Waals surface area (Å²) >= 11 is 0. The van der Waals surface area contributed by atoms with Crippen molar-refractivity contribution >= 4 is 11.6 Å². The first-order valence-corrected chi connectivity index (χ1v) is 8.87. The molecule has 0 spiro atoms. The smallest absolute Gasteiger partial charge is 0.230 e. The number of halogens is 2. The molecule has 1 aliphatic rings. The van der Waals surface area contributed by atoms with Gasteiger partial charge in [0.1, 0.15) is 11.6 Å². The topological polar surface area (TPSA) is 33.2 Å². The van der Waals surface area contributed by atoms with Gasteiger partial charge in [0.2, 0.25) is 5.91 Å². The maximum absolute atomic E-state index is 13.9. The van der Waals surface area contributed by atoms with Crippen molar-refractivity contribution in [2.45, 2.75) is 12.8 Å². The summed E-state index contributed by atoms with van der Waals surface area (Å²) in [5, 5.41) is 0. The van der Waals surface area contributed by atoms with Crippen LogP contribution in [0.5, 0.6) is 0 Å². The molecule has 3 aromatic rings. The van der Waals surface area contributed by atoms with E-state index >= 15 is 0 Å². The Kier molecular flexibility index (Phi) is 4.67. The van der Waals surface area contributed by atoms with Gasteiger partial charge in [-0.1, -0.05) is 18.2 Å². The minimum Gasteiger partial charge on any atom is -0.312 e. The number of carbonyl (C=O) groups excluding carboxylic acids is 1. The normalized spacial score (nSPS) is 16.7. The highest BCUT2D eigenvalue weighted by molar-refractivity contribution is 5.97. The first-order chi connectivity index (χ1) is 13.1. The molecule has 1 aromatic heterocycles. The molecule has 0 N–H and O–H groups in total. The van der Waals surface area contributed by atoms with E-state index < -0.39 is 11.6 Å². The van der Waals surface area contributed by atoms with Gasteiger partial charge in [-0.05, 0) is 59.9 Å². The van der Waals surface area contributed by atoms with Gasteiger partial charge >= 0.3 is 0 Å². The van der Waals surface area contributed by atoms with Crippen LogP contribution in [0.15, 0.2) is 67.0 Å². The van der Waals surface area contributed by atoms with Gasteiger partial charge in [0.05, 0.1) is 0 Å². The zero-order valence-electron chi connectivity index (χ0n) is 14.6. The third-order valence-corrected chi connectivity index (χ3v) is 4.99. The number of benzene rings is 2. The summed E-state index contributed by atoms with van der Waals surface area (Å²) in [6.45, 7) is 0.598. The lowest BCUT2D eigenvalue weighted by atomic mass is 9.97. The van der Waals surface area contributed by atoms with Crippen molar-refractivity contribution in [1.82, 2.24) is 4.98 Å². The Labute approximate surface area is 156 Å². The molecule has 136 valence electrons. The van der Waals surface area contributed by atoms with Gasteiger partial charge in [0.25, 0.3) is 0 Å². The van der Waals surface area contributed by atoms with Crippen LogP contribution in [-0.4, -0.2) is 17.4 Å². The lowest BCUT2D eigenvalue weighted by molar-refractivity contribution is -0.120. The second kappa shape index (κ2) is 7.27. The molecule has 0 bridgehead atoms. The molecule has 0 radical (unpaired) electrons. The molecule has 1 fully saturated rings. The predicted molar refractivity (Wildman–Crippen MR) is 100 cm³/mol. The van der Waals surface area contributed by atoms with E-state index in [0.717, 1.165) is 22.9 Å². The summed E-state index contributed by atoms with van der Waals surface area (Å²) in [5.41, 5.74) is 3.33. The van der Waals surface area contributed by atoms with Gasteiger partial charge in [-0.3, -0.25) is 9.78 Å². The highest BCUT2D eigenvalue weighted by Crippen LogP contribution is 2.30. The van der Waals surface area contributed by atoms with E-state index in [1.165, 1.54) is 12.1 Å². The molecular weight excluding hydrogens is 346 g/mol. The van der Waals surface area contributed by atoms with E-state index in [9.17, 15) is 13.6 Å². The van der Waals surface area contributed by atoms with Crippen molar-refractivity contribution < 1.29 is 13.6 Å². The summed E-state index contributed by atoms with van der Waals surface area (Å²) in [7, 11) is 0. The molecule has 0 saturated carbocycles. The van der Waals surface area contributed by atoms with Crippen LogP contribution in [0, 0.1) is 17.6 Å². The van der Waals surface area contributed by atoms with E-state index in [2.05, 4.69) is 4.98 Å². The van der Waals surface area contributed by atoms with Crippen LogP contribution in [0.4, 0.5) is 14.5 Å². The molecule has 27 heavy (non-hydrogen) atoms. The molecule has 3 nitrogen and oxygen atoms in total. The Balaban J connectivity index is 1.48. The van der Waals surface area contributed by atoms with Gasteiger partial charge in [-0.2, -0.15) is 0 Å². The van der Waals surface area contributed by atoms with E-state index in [0.29, 0.717) is 18.5 Å². The third-order valence-electron chi connectivity index (χ3n) is 4.99. The molecule has 1 atom stereocenters. The van der Waals surface area contributed by atoms with E-state index in [4.69, 9.17) is 0 Å². The summed E-state index contributed by atoms with van der Waals surface area (Å²) in [4.78, 5) is 18.5. The van der Waals surface area contributed by atoms with Gasteiger partial charge in [0, 0.05) is 36.6 Å². The Morgan fingerprint density at radius 3 is 2.37 bits per heavy atom. The van der Waals surface area contributed by atoms with E-state index in [1.54, 1.807) is 17.3 Å². The number of hydrogen-bond acceptors (Lipinski definition) is 2. The van der Waals surface area contributed by atoms with Crippen molar-refractivity contribution in [1.29, 1.82) is 0 Å². The second-order valence-electron chi connectivity index (χ2n) is 6.70. The summed E-state index contributed by atoms with van der Waals surface area (Å²) in [5.74, 6) is -1.51. The van der Waals surface area contributed by atoms with Crippen LogP contribution >= 0.6 is 0 Å². The number of anilines is 1. The molecular formula is C22H18F2N2O. The molecule has 2 heterocycles. The average molecular weight is 364 g/mol. The standard InChI is InChI=1S/C22H18F2N2O/c23-19-4-1-17(21(24)14-19)13-18-9-12-26(22(18)27)20-5-2-15(3-6-20)16-7-10-25-11-8-16/h1-8,10-11,14,18H,9,12-13H2. The Hall–Kier alpha value is -3.08. The van der Waals surface area contributed by atoms with Crippen LogP contribution in [0.3, 0.4) is 0 Å². The zero-order chi connectivity index (χ0) is 18.8. The van der Waals surface area contributed by atoms with Gasteiger partial charge in [0.15, 0.2) is 0 Å². The number of hydrogen-bond donors (Lipinski definition) is 0. The van der Waals surface area contributed by atoms with Crippen molar-refractivity contribution in [3.05, 3.63) is 84.2 Å². The molecule has 1 amide bonds. The molecule has 1 aliphatic heterocycles. The maximum Gasteiger partial charge on any atom is 0.230 e. The van der Waals surface area contributed by atoms with Gasteiger partial charge in [-0.25, -0.2) is 8.78 Å². The molecule has 4 rings (SSSR count). The summed E-state index contributed by atoms with van der Waals surface area (Å²) in [6, 6.07) is 15.2. The molecule has 2 aromatic carbocycles. The molecule has 5 heteroatoms. The van der Waals surface area contributed by atoms with Gasteiger partial charge in [-0.15, -0.1) is 0 Å². The highest BCUT2D eigenvalue weighted by Gasteiger charge is 2.33. The second-order valence-corrected chi connectivity index (χ2v) is 6.70. The highest BCUT2D eigenvalue weighted by atomic mass is 19.1. The number of pyridine rings is 1. The first-order valence-electron chi connectivity index (χ1n) is 8.87. The fourth-order valence-corrected chi connectivity index (χ4v) is 3.52. The molecule has 1 saturated heterocycles. The number of nitrogens with zero attached hydrogens (tertiary/aromatic N) is 2. The van der Waals surface area contributed by atoms with Crippen molar-refractivity contribution in [2.24, 2.45) is 5.92 Å². The minimum absolute atomic E-state index is 0.0182. The zero-order valence-corrected chi connectivity index (χ0v) is 14.6. The van der Waals surface area contributed by atoms with Crippen LogP contribution in [-0.2, 0) is 11.2 Å². The van der Waals surface area contributed by atoms with Crippen molar-refractivity contribution in [2.75, 3.05) is 11.4 Å². The maximum atomic E-state index is 13.9. The number of aromatic nitrogens is 1. The summed E-state index contributed by atoms with van der Waals surface area (Å²) < 4.78 is 26.9. The van der Waals surface area contributed by atoms with Crippen molar-refractivity contribution in [3.8, 4) is 11.1 Å². The number of amides is 1. The minimum atomic E-state index is -0.607. The predicted octanol–water partition coefficient (Wildman–Crippen LogP) is 4.62. The van der Waals surface area contributed by atoms with Crippen LogP contribution < -0.4 is 4.90 Å². The fourth-order valence-electron chi connectivity index (χ4n) is 3.52. The Morgan fingerprint density at radius 1 is 0.963 bits per heavy atom. The first kappa shape index (κ1) is 17.3. The van der Waals surface area contributed by atoms with Crippen LogP contribution in [0.25, 0.3) is 11.1 Å². The average Bonchev–Trinajstić information content (AvgIpc) is 3.05. The lowest BCUT2D eigenvalue weighted by Crippen LogP contribution is -2.27. The van der Waals surface area contributed by atoms with Crippen LogP contribution in [0.1, 0.15) is 12.0 Å². The summed E-state index contributed by atoms with van der Waals surface area (Å²) in [6.07, 6.45) is 4.43. The van der Waals surface area contributed by atoms with E-state index in [1.807, 2.05) is 36.4 Å². The molecule has 0 aliphatic carbocycles. The van der Waals surface area contributed by atoms with Crippen LogP contribution in [0.2, 0.25) is 0 Å². The van der Waals surface area contributed by atoms with E-state index in [-0.39, 0.29) is 18.2 Å². The quantitative estimate of drug-likeness (QED) is 0.677. The van der Waals surface area contributed by atoms with Gasteiger partial charge < -0.3 is 4.90 Å². The lowest BCUT2D eigenvalue weighted by Gasteiger charge is -2.17. The Bertz CT molecular complexity index is 958. The third kappa shape index (κ3) is 3.58. The monoisotopic (exact) mass is 364 g/mol. The number of rotatable bonds is 4. The fraction of sp³-hybridized carbons (Fsp3) is 0.182.